The molecular weight excluding hydrogens is 204 g/mol. The van der Waals surface area contributed by atoms with E-state index in [9.17, 15) is 4.79 Å². The van der Waals surface area contributed by atoms with E-state index in [1.165, 1.54) is 12.0 Å². The Hall–Kier alpha value is -1.55. The van der Waals surface area contributed by atoms with Crippen LogP contribution in [0.15, 0.2) is 27.4 Å². The summed E-state index contributed by atoms with van der Waals surface area (Å²) in [5.41, 5.74) is 2.77. The van der Waals surface area contributed by atoms with Crippen LogP contribution in [-0.2, 0) is 7.05 Å². The molecule has 1 aliphatic rings. The number of nitrogens with one attached hydrogen (secondary N) is 1. The van der Waals surface area contributed by atoms with Crippen LogP contribution in [0.25, 0.3) is 11.1 Å². The third-order valence-corrected chi connectivity index (χ3v) is 3.28. The van der Waals surface area contributed by atoms with Crippen LogP contribution in [0.4, 0.5) is 0 Å². The number of hydrogen-bond donors (Lipinski definition) is 1. The molecule has 1 N–H and O–H groups in total. The molecule has 0 saturated carbocycles. The Balaban J connectivity index is 2.14. The van der Waals surface area contributed by atoms with Gasteiger partial charge >= 0.3 is 5.76 Å². The van der Waals surface area contributed by atoms with Crippen molar-refractivity contribution >= 4 is 11.1 Å². The Kier molecular flexibility index (Phi) is 2.11. The van der Waals surface area contributed by atoms with Crippen LogP contribution in [0.1, 0.15) is 24.4 Å². The molecule has 0 aliphatic carbocycles. The van der Waals surface area contributed by atoms with Gasteiger partial charge in [-0.25, -0.2) is 4.79 Å². The summed E-state index contributed by atoms with van der Waals surface area (Å²) in [6.45, 7) is 1.08. The van der Waals surface area contributed by atoms with E-state index in [0.29, 0.717) is 11.6 Å². The molecule has 0 amide bonds. The van der Waals surface area contributed by atoms with Crippen molar-refractivity contribution in [3.05, 3.63) is 34.3 Å². The zero-order chi connectivity index (χ0) is 11.1. The van der Waals surface area contributed by atoms with E-state index in [1.807, 2.05) is 18.2 Å². The van der Waals surface area contributed by atoms with Crippen LogP contribution >= 0.6 is 0 Å². The first-order valence-electron chi connectivity index (χ1n) is 5.58. The van der Waals surface area contributed by atoms with Gasteiger partial charge in [-0.3, -0.25) is 4.57 Å². The quantitative estimate of drug-likeness (QED) is 0.790. The van der Waals surface area contributed by atoms with Gasteiger partial charge in [0.25, 0.3) is 0 Å². The highest BCUT2D eigenvalue weighted by atomic mass is 16.4. The molecule has 1 aromatic carbocycles. The molecule has 4 nitrogen and oxygen atoms in total. The molecule has 4 heteroatoms. The maximum atomic E-state index is 11.4. The van der Waals surface area contributed by atoms with Gasteiger partial charge in [0.05, 0.1) is 5.52 Å². The van der Waals surface area contributed by atoms with Crippen LogP contribution in [-0.4, -0.2) is 11.1 Å². The Morgan fingerprint density at radius 1 is 1.50 bits per heavy atom. The van der Waals surface area contributed by atoms with Crippen molar-refractivity contribution in [3.8, 4) is 0 Å². The summed E-state index contributed by atoms with van der Waals surface area (Å²) in [7, 11) is 1.74. The summed E-state index contributed by atoms with van der Waals surface area (Å²) >= 11 is 0. The van der Waals surface area contributed by atoms with Crippen molar-refractivity contribution in [1.29, 1.82) is 0 Å². The first-order valence-corrected chi connectivity index (χ1v) is 5.58. The summed E-state index contributed by atoms with van der Waals surface area (Å²) < 4.78 is 6.65. The zero-order valence-electron chi connectivity index (χ0n) is 9.19. The lowest BCUT2D eigenvalue weighted by atomic mass is 10.1. The van der Waals surface area contributed by atoms with Gasteiger partial charge in [-0.05, 0) is 37.1 Å². The molecule has 1 aromatic heterocycles. The van der Waals surface area contributed by atoms with Crippen molar-refractivity contribution in [1.82, 2.24) is 9.88 Å². The van der Waals surface area contributed by atoms with Crippen molar-refractivity contribution in [3.63, 3.8) is 0 Å². The lowest BCUT2D eigenvalue weighted by Gasteiger charge is -2.10. The molecule has 16 heavy (non-hydrogen) atoms. The molecule has 1 unspecified atom stereocenters. The molecule has 1 aliphatic heterocycles. The number of benzene rings is 1. The number of oxazole rings is 1. The number of aryl methyl sites for hydroxylation is 1. The monoisotopic (exact) mass is 218 g/mol. The summed E-state index contributed by atoms with van der Waals surface area (Å²) in [4.78, 5) is 11.4. The van der Waals surface area contributed by atoms with Crippen molar-refractivity contribution in [2.45, 2.75) is 18.9 Å². The fourth-order valence-electron chi connectivity index (χ4n) is 2.33. The maximum absolute atomic E-state index is 11.4. The van der Waals surface area contributed by atoms with E-state index in [2.05, 4.69) is 5.32 Å². The predicted octanol–water partition coefficient (Wildman–Crippen LogP) is 1.56. The van der Waals surface area contributed by atoms with E-state index >= 15 is 0 Å². The fraction of sp³-hybridized carbons (Fsp3) is 0.417. The first kappa shape index (κ1) is 9.66. The number of fused-ring (bicyclic) bond motifs is 1. The van der Waals surface area contributed by atoms with Crippen molar-refractivity contribution < 1.29 is 4.42 Å². The average molecular weight is 218 g/mol. The molecule has 2 heterocycles. The van der Waals surface area contributed by atoms with Gasteiger partial charge in [0.15, 0.2) is 5.58 Å². The fourth-order valence-corrected chi connectivity index (χ4v) is 2.33. The molecule has 0 spiro atoms. The smallest absolute Gasteiger partial charge is 0.408 e. The molecule has 2 aromatic rings. The predicted molar refractivity (Wildman–Crippen MR) is 61.4 cm³/mol. The lowest BCUT2D eigenvalue weighted by molar-refractivity contribution is 0.528. The Bertz CT molecular complexity index is 576. The Morgan fingerprint density at radius 2 is 2.38 bits per heavy atom. The van der Waals surface area contributed by atoms with Gasteiger partial charge in [-0.1, -0.05) is 6.07 Å². The maximum Gasteiger partial charge on any atom is 0.419 e. The van der Waals surface area contributed by atoms with Crippen molar-refractivity contribution in [2.75, 3.05) is 6.54 Å². The van der Waals surface area contributed by atoms with E-state index < -0.39 is 0 Å². The Morgan fingerprint density at radius 3 is 3.12 bits per heavy atom. The minimum atomic E-state index is -0.300. The second kappa shape index (κ2) is 3.49. The molecule has 0 bridgehead atoms. The van der Waals surface area contributed by atoms with Crippen LogP contribution in [0, 0.1) is 0 Å². The lowest BCUT2D eigenvalue weighted by Crippen LogP contribution is -2.13. The van der Waals surface area contributed by atoms with Gasteiger partial charge < -0.3 is 9.73 Å². The van der Waals surface area contributed by atoms with Gasteiger partial charge in [0, 0.05) is 13.1 Å². The number of nitrogens with zero attached hydrogens (tertiary/aromatic N) is 1. The standard InChI is InChI=1S/C12H14N2O2/c1-14-10-7-8(9-3-2-6-13-9)4-5-11(10)16-12(14)15/h4-5,7,9,13H,2-3,6H2,1H3. The normalized spacial score (nSPS) is 20.7. The SMILES string of the molecule is Cn1c(=O)oc2ccc(C3CCCN3)cc21. The Labute approximate surface area is 92.9 Å². The second-order valence-electron chi connectivity index (χ2n) is 4.30. The van der Waals surface area contributed by atoms with Gasteiger partial charge in [0.1, 0.15) is 0 Å². The third-order valence-electron chi connectivity index (χ3n) is 3.28. The van der Waals surface area contributed by atoms with Crippen LogP contribution < -0.4 is 11.1 Å². The summed E-state index contributed by atoms with van der Waals surface area (Å²) in [6, 6.07) is 6.39. The summed E-state index contributed by atoms with van der Waals surface area (Å²) in [5.74, 6) is -0.300. The molecule has 1 fully saturated rings. The largest absolute Gasteiger partial charge is 0.419 e. The van der Waals surface area contributed by atoms with Gasteiger partial charge in [-0.15, -0.1) is 0 Å². The van der Waals surface area contributed by atoms with E-state index in [4.69, 9.17) is 4.42 Å². The van der Waals surface area contributed by atoms with E-state index in [1.54, 1.807) is 11.6 Å². The molecule has 1 atom stereocenters. The highest BCUT2D eigenvalue weighted by Gasteiger charge is 2.17. The molecule has 84 valence electrons. The average Bonchev–Trinajstić information content (AvgIpc) is 2.89. The molecule has 0 radical (unpaired) electrons. The minimum Gasteiger partial charge on any atom is -0.408 e. The number of aromatic nitrogens is 1. The van der Waals surface area contributed by atoms with Gasteiger partial charge in [-0.2, -0.15) is 0 Å². The molecular formula is C12H14N2O2. The van der Waals surface area contributed by atoms with Crippen LogP contribution in [0.5, 0.6) is 0 Å². The van der Waals surface area contributed by atoms with Crippen LogP contribution in [0.3, 0.4) is 0 Å². The van der Waals surface area contributed by atoms with Gasteiger partial charge in [0.2, 0.25) is 0 Å². The third kappa shape index (κ3) is 1.38. The van der Waals surface area contributed by atoms with Crippen LogP contribution in [0.2, 0.25) is 0 Å². The first-order chi connectivity index (χ1) is 7.75. The topological polar surface area (TPSA) is 47.2 Å². The number of hydrogen-bond acceptors (Lipinski definition) is 3. The highest BCUT2D eigenvalue weighted by molar-refractivity contribution is 5.73. The zero-order valence-corrected chi connectivity index (χ0v) is 9.19. The van der Waals surface area contributed by atoms with Crippen molar-refractivity contribution in [2.24, 2.45) is 7.05 Å². The summed E-state index contributed by atoms with van der Waals surface area (Å²) in [6.07, 6.45) is 2.38. The highest BCUT2D eigenvalue weighted by Crippen LogP contribution is 2.25. The van der Waals surface area contributed by atoms with E-state index in [0.717, 1.165) is 18.5 Å². The second-order valence-corrected chi connectivity index (χ2v) is 4.30. The van der Waals surface area contributed by atoms with E-state index in [-0.39, 0.29) is 5.76 Å². The summed E-state index contributed by atoms with van der Waals surface area (Å²) in [5, 5.41) is 3.45. The molecule has 1 saturated heterocycles. The minimum absolute atomic E-state index is 0.300. The number of rotatable bonds is 1. The molecule has 3 rings (SSSR count).